The number of nitro groups is 1. The second-order valence-electron chi connectivity index (χ2n) is 3.76. The number of ether oxygens (including phenoxy) is 2. The molecule has 0 aliphatic rings. The van der Waals surface area contributed by atoms with Crippen molar-refractivity contribution >= 4 is 11.7 Å². The van der Waals surface area contributed by atoms with Gasteiger partial charge in [-0.05, 0) is 13.0 Å². The normalized spacial score (nSPS) is 11.6. The molecule has 0 aromatic heterocycles. The van der Waals surface area contributed by atoms with E-state index in [-0.39, 0.29) is 18.9 Å². The molecule has 0 bridgehead atoms. The highest BCUT2D eigenvalue weighted by Crippen LogP contribution is 2.18. The number of benzene rings is 1. The largest absolute Gasteiger partial charge is 0.459 e. The smallest absolute Gasteiger partial charge is 0.335 e. The van der Waals surface area contributed by atoms with E-state index in [1.807, 2.05) is 0 Å². The molecule has 1 rings (SSSR count). The molecule has 1 atom stereocenters. The standard InChI is InChI=1S/C13H15NO5/c1-3-8-18-10(2)13(15)19-9-11-6-4-5-7-12(11)14(16)17/h3-7,10H,1,8-9H2,2H3. The Bertz CT molecular complexity index is 472. The zero-order valence-corrected chi connectivity index (χ0v) is 10.6. The third-order valence-corrected chi connectivity index (χ3v) is 2.35. The van der Waals surface area contributed by atoms with Gasteiger partial charge in [0, 0.05) is 6.07 Å². The molecule has 0 N–H and O–H groups in total. The highest BCUT2D eigenvalue weighted by atomic mass is 16.6. The zero-order chi connectivity index (χ0) is 14.3. The molecule has 0 fully saturated rings. The minimum absolute atomic E-state index is 0.0741. The quantitative estimate of drug-likeness (QED) is 0.327. The van der Waals surface area contributed by atoms with Crippen LogP contribution in [-0.4, -0.2) is 23.6 Å². The first-order valence-corrected chi connectivity index (χ1v) is 5.67. The van der Waals surface area contributed by atoms with Gasteiger partial charge in [0.05, 0.1) is 17.1 Å². The van der Waals surface area contributed by atoms with Crippen LogP contribution in [0.2, 0.25) is 0 Å². The maximum absolute atomic E-state index is 11.6. The monoisotopic (exact) mass is 265 g/mol. The van der Waals surface area contributed by atoms with Crippen LogP contribution in [0.5, 0.6) is 0 Å². The SMILES string of the molecule is C=CCOC(C)C(=O)OCc1ccccc1[N+](=O)[O-]. The molecule has 0 amide bonds. The summed E-state index contributed by atoms with van der Waals surface area (Å²) in [6.45, 7) is 5.09. The summed E-state index contributed by atoms with van der Waals surface area (Å²) >= 11 is 0. The first-order valence-electron chi connectivity index (χ1n) is 5.67. The van der Waals surface area contributed by atoms with Gasteiger partial charge in [-0.3, -0.25) is 10.1 Å². The summed E-state index contributed by atoms with van der Waals surface area (Å²) in [5.41, 5.74) is 0.270. The predicted octanol–water partition coefficient (Wildman–Crippen LogP) is 2.23. The van der Waals surface area contributed by atoms with Gasteiger partial charge >= 0.3 is 5.97 Å². The van der Waals surface area contributed by atoms with Crippen molar-refractivity contribution in [3.05, 3.63) is 52.6 Å². The first-order chi connectivity index (χ1) is 9.06. The van der Waals surface area contributed by atoms with Gasteiger partial charge < -0.3 is 9.47 Å². The van der Waals surface area contributed by atoms with Crippen LogP contribution in [0.25, 0.3) is 0 Å². The Balaban J connectivity index is 2.59. The van der Waals surface area contributed by atoms with Crippen LogP contribution >= 0.6 is 0 Å². The van der Waals surface area contributed by atoms with Gasteiger partial charge in [-0.25, -0.2) is 4.79 Å². The topological polar surface area (TPSA) is 78.7 Å². The summed E-state index contributed by atoms with van der Waals surface area (Å²) in [5, 5.41) is 10.8. The lowest BCUT2D eigenvalue weighted by molar-refractivity contribution is -0.385. The van der Waals surface area contributed by atoms with E-state index in [0.29, 0.717) is 5.56 Å². The highest BCUT2D eigenvalue weighted by Gasteiger charge is 2.17. The Labute approximate surface area is 110 Å². The van der Waals surface area contributed by atoms with Gasteiger partial charge in [0.25, 0.3) is 5.69 Å². The number of esters is 1. The summed E-state index contributed by atoms with van der Waals surface area (Å²) in [7, 11) is 0. The summed E-state index contributed by atoms with van der Waals surface area (Å²) in [4.78, 5) is 21.8. The molecule has 6 heteroatoms. The van der Waals surface area contributed by atoms with E-state index < -0.39 is 17.0 Å². The van der Waals surface area contributed by atoms with Crippen molar-refractivity contribution in [2.45, 2.75) is 19.6 Å². The fourth-order valence-electron chi connectivity index (χ4n) is 1.36. The zero-order valence-electron chi connectivity index (χ0n) is 10.6. The molecule has 102 valence electrons. The Kier molecular flexibility index (Phi) is 5.69. The van der Waals surface area contributed by atoms with E-state index in [4.69, 9.17) is 9.47 Å². The summed E-state index contributed by atoms with van der Waals surface area (Å²) in [6, 6.07) is 6.11. The Morgan fingerprint density at radius 3 is 2.84 bits per heavy atom. The molecule has 1 aromatic rings. The van der Waals surface area contributed by atoms with Gasteiger partial charge in [0.1, 0.15) is 6.61 Å². The van der Waals surface area contributed by atoms with E-state index in [1.54, 1.807) is 25.1 Å². The molecule has 1 unspecified atom stereocenters. The minimum atomic E-state index is -0.735. The van der Waals surface area contributed by atoms with Crippen LogP contribution in [-0.2, 0) is 20.9 Å². The van der Waals surface area contributed by atoms with Crippen molar-refractivity contribution in [1.29, 1.82) is 0 Å². The van der Waals surface area contributed by atoms with Gasteiger partial charge in [-0.1, -0.05) is 18.2 Å². The van der Waals surface area contributed by atoms with Crippen molar-refractivity contribution in [3.63, 3.8) is 0 Å². The van der Waals surface area contributed by atoms with Crippen molar-refractivity contribution in [3.8, 4) is 0 Å². The third-order valence-electron chi connectivity index (χ3n) is 2.35. The van der Waals surface area contributed by atoms with Crippen LogP contribution in [0.15, 0.2) is 36.9 Å². The summed E-state index contributed by atoms with van der Waals surface area (Å²) in [6.07, 6.45) is 0.784. The number of carbonyl (C=O) groups excluding carboxylic acids is 1. The fourth-order valence-corrected chi connectivity index (χ4v) is 1.36. The predicted molar refractivity (Wildman–Crippen MR) is 68.5 cm³/mol. The Morgan fingerprint density at radius 2 is 2.21 bits per heavy atom. The number of para-hydroxylation sites is 1. The lowest BCUT2D eigenvalue weighted by atomic mass is 10.2. The van der Waals surface area contributed by atoms with Gasteiger partial charge in [-0.15, -0.1) is 6.58 Å². The van der Waals surface area contributed by atoms with Gasteiger partial charge in [0.2, 0.25) is 0 Å². The lowest BCUT2D eigenvalue weighted by Gasteiger charge is -2.11. The fraction of sp³-hybridized carbons (Fsp3) is 0.308. The highest BCUT2D eigenvalue weighted by molar-refractivity contribution is 5.74. The second-order valence-corrected chi connectivity index (χ2v) is 3.76. The average Bonchev–Trinajstić information content (AvgIpc) is 2.42. The maximum atomic E-state index is 11.6. The van der Waals surface area contributed by atoms with Gasteiger partial charge in [-0.2, -0.15) is 0 Å². The average molecular weight is 265 g/mol. The summed E-state index contributed by atoms with van der Waals surface area (Å²) in [5.74, 6) is -0.569. The molecule has 19 heavy (non-hydrogen) atoms. The van der Waals surface area contributed by atoms with Crippen molar-refractivity contribution in [2.75, 3.05) is 6.61 Å². The number of nitro benzene ring substituents is 1. The van der Waals surface area contributed by atoms with E-state index in [2.05, 4.69) is 6.58 Å². The number of nitrogens with zero attached hydrogens (tertiary/aromatic N) is 1. The van der Waals surface area contributed by atoms with Crippen LogP contribution in [0.4, 0.5) is 5.69 Å². The Morgan fingerprint density at radius 1 is 1.53 bits per heavy atom. The van der Waals surface area contributed by atoms with Crippen molar-refractivity contribution < 1.29 is 19.2 Å². The van der Waals surface area contributed by atoms with Crippen LogP contribution < -0.4 is 0 Å². The van der Waals surface area contributed by atoms with E-state index >= 15 is 0 Å². The molecule has 0 saturated heterocycles. The number of rotatable bonds is 7. The number of hydrogen-bond donors (Lipinski definition) is 0. The van der Waals surface area contributed by atoms with E-state index in [9.17, 15) is 14.9 Å². The minimum Gasteiger partial charge on any atom is -0.459 e. The molecule has 0 spiro atoms. The lowest BCUT2D eigenvalue weighted by Crippen LogP contribution is -2.23. The maximum Gasteiger partial charge on any atom is 0.335 e. The molecular formula is C13H15NO5. The van der Waals surface area contributed by atoms with E-state index in [0.717, 1.165) is 0 Å². The molecule has 0 aliphatic carbocycles. The molecule has 0 saturated carbocycles. The number of carbonyl (C=O) groups is 1. The van der Waals surface area contributed by atoms with Crippen molar-refractivity contribution in [2.24, 2.45) is 0 Å². The van der Waals surface area contributed by atoms with Crippen molar-refractivity contribution in [1.82, 2.24) is 0 Å². The van der Waals surface area contributed by atoms with Crippen LogP contribution in [0.1, 0.15) is 12.5 Å². The van der Waals surface area contributed by atoms with Crippen LogP contribution in [0.3, 0.4) is 0 Å². The summed E-state index contributed by atoms with van der Waals surface area (Å²) < 4.78 is 10.1. The molecule has 0 radical (unpaired) electrons. The first kappa shape index (κ1) is 14.8. The third kappa shape index (κ3) is 4.51. The molecule has 6 nitrogen and oxygen atoms in total. The molecular weight excluding hydrogens is 250 g/mol. The van der Waals surface area contributed by atoms with Gasteiger partial charge in [0.15, 0.2) is 6.10 Å². The van der Waals surface area contributed by atoms with E-state index in [1.165, 1.54) is 12.1 Å². The number of hydrogen-bond acceptors (Lipinski definition) is 5. The molecule has 0 aliphatic heterocycles. The molecule has 1 aromatic carbocycles. The molecule has 0 heterocycles. The van der Waals surface area contributed by atoms with Crippen LogP contribution in [0, 0.1) is 10.1 Å². The Hall–Kier alpha value is -2.21. The second kappa shape index (κ2) is 7.27.